The molecule has 1 aliphatic heterocycles. The zero-order valence-corrected chi connectivity index (χ0v) is 12.0. The van der Waals surface area contributed by atoms with Gasteiger partial charge in [-0.3, -0.25) is 4.90 Å². The van der Waals surface area contributed by atoms with Gasteiger partial charge in [0.1, 0.15) is 12.4 Å². The second-order valence-electron chi connectivity index (χ2n) is 5.40. The van der Waals surface area contributed by atoms with Crippen molar-refractivity contribution >= 4 is 5.69 Å². The largest absolute Gasteiger partial charge is 0.490 e. The first-order chi connectivity index (χ1) is 9.16. The maximum absolute atomic E-state index is 5.85. The molecular formula is C15H25N3O. The van der Waals surface area contributed by atoms with E-state index in [1.165, 1.54) is 25.9 Å². The summed E-state index contributed by atoms with van der Waals surface area (Å²) in [6.45, 7) is 4.03. The van der Waals surface area contributed by atoms with Crippen LogP contribution >= 0.6 is 0 Å². The van der Waals surface area contributed by atoms with Crippen LogP contribution in [-0.2, 0) is 0 Å². The standard InChI is InChI=1S/C15H25N3O/c1-17-9-7-13(8-10-17)18(2)11-12-19-15-6-4-3-5-14(15)16/h3-6,13H,7-12,16H2,1-2H3. The highest BCUT2D eigenvalue weighted by Crippen LogP contribution is 2.20. The zero-order valence-electron chi connectivity index (χ0n) is 12.0. The molecule has 4 heteroatoms. The number of hydrogen-bond acceptors (Lipinski definition) is 4. The number of nitrogens with two attached hydrogens (primary N) is 1. The van der Waals surface area contributed by atoms with Crippen molar-refractivity contribution in [1.29, 1.82) is 0 Å². The lowest BCUT2D eigenvalue weighted by atomic mass is 10.0. The van der Waals surface area contributed by atoms with Crippen molar-refractivity contribution in [2.45, 2.75) is 18.9 Å². The Kier molecular flexibility index (Phi) is 5.05. The normalized spacial score (nSPS) is 17.8. The van der Waals surface area contributed by atoms with E-state index in [9.17, 15) is 0 Å². The van der Waals surface area contributed by atoms with E-state index in [2.05, 4.69) is 23.9 Å². The Morgan fingerprint density at radius 1 is 1.32 bits per heavy atom. The highest BCUT2D eigenvalue weighted by molar-refractivity contribution is 5.51. The van der Waals surface area contributed by atoms with Crippen LogP contribution < -0.4 is 10.5 Å². The molecular weight excluding hydrogens is 238 g/mol. The highest BCUT2D eigenvalue weighted by atomic mass is 16.5. The number of nitrogen functional groups attached to an aromatic ring is 1. The molecule has 0 spiro atoms. The number of para-hydroxylation sites is 2. The van der Waals surface area contributed by atoms with Gasteiger partial charge in [-0.1, -0.05) is 12.1 Å². The fourth-order valence-corrected chi connectivity index (χ4v) is 2.53. The Labute approximate surface area is 116 Å². The van der Waals surface area contributed by atoms with Crippen molar-refractivity contribution in [3.05, 3.63) is 24.3 Å². The van der Waals surface area contributed by atoms with E-state index in [4.69, 9.17) is 10.5 Å². The van der Waals surface area contributed by atoms with Gasteiger partial charge in [-0.2, -0.15) is 0 Å². The molecule has 2 rings (SSSR count). The van der Waals surface area contributed by atoms with Crippen molar-refractivity contribution < 1.29 is 4.74 Å². The van der Waals surface area contributed by atoms with Crippen molar-refractivity contribution in [3.63, 3.8) is 0 Å². The Hall–Kier alpha value is -1.26. The summed E-state index contributed by atoms with van der Waals surface area (Å²) in [4.78, 5) is 4.80. The maximum Gasteiger partial charge on any atom is 0.142 e. The molecule has 1 heterocycles. The lowest BCUT2D eigenvalue weighted by molar-refractivity contribution is 0.127. The lowest BCUT2D eigenvalue weighted by Crippen LogP contribution is -2.43. The van der Waals surface area contributed by atoms with E-state index in [1.807, 2.05) is 24.3 Å². The van der Waals surface area contributed by atoms with Gasteiger partial charge in [0.2, 0.25) is 0 Å². The van der Waals surface area contributed by atoms with Crippen LogP contribution in [0.5, 0.6) is 5.75 Å². The quantitative estimate of drug-likeness (QED) is 0.821. The molecule has 2 N–H and O–H groups in total. The van der Waals surface area contributed by atoms with Gasteiger partial charge in [-0.05, 0) is 52.2 Å². The van der Waals surface area contributed by atoms with E-state index in [1.54, 1.807) is 0 Å². The van der Waals surface area contributed by atoms with E-state index in [-0.39, 0.29) is 0 Å². The molecule has 0 bridgehead atoms. The van der Waals surface area contributed by atoms with Gasteiger partial charge < -0.3 is 15.4 Å². The number of anilines is 1. The number of hydrogen-bond donors (Lipinski definition) is 1. The summed E-state index contributed by atoms with van der Waals surface area (Å²) in [5.74, 6) is 0.791. The van der Waals surface area contributed by atoms with Crippen LogP contribution in [0, 0.1) is 0 Å². The number of ether oxygens (including phenoxy) is 1. The molecule has 106 valence electrons. The second kappa shape index (κ2) is 6.78. The summed E-state index contributed by atoms with van der Waals surface area (Å²) in [6.07, 6.45) is 2.50. The SMILES string of the molecule is CN1CCC(N(C)CCOc2ccccc2N)CC1. The second-order valence-corrected chi connectivity index (χ2v) is 5.40. The monoisotopic (exact) mass is 263 g/mol. The van der Waals surface area contributed by atoms with Crippen molar-refractivity contribution in [1.82, 2.24) is 9.80 Å². The van der Waals surface area contributed by atoms with Gasteiger partial charge in [0.05, 0.1) is 5.69 Å². The van der Waals surface area contributed by atoms with E-state index >= 15 is 0 Å². The topological polar surface area (TPSA) is 41.7 Å². The summed E-state index contributed by atoms with van der Waals surface area (Å²) in [5, 5.41) is 0. The first kappa shape index (κ1) is 14.2. The fourth-order valence-electron chi connectivity index (χ4n) is 2.53. The summed E-state index contributed by atoms with van der Waals surface area (Å²) >= 11 is 0. The third-order valence-electron chi connectivity index (χ3n) is 3.93. The first-order valence-electron chi connectivity index (χ1n) is 7.03. The molecule has 1 aliphatic rings. The van der Waals surface area contributed by atoms with Gasteiger partial charge in [-0.15, -0.1) is 0 Å². The molecule has 1 aromatic carbocycles. The highest BCUT2D eigenvalue weighted by Gasteiger charge is 2.20. The van der Waals surface area contributed by atoms with Crippen LogP contribution in [0.3, 0.4) is 0 Å². The lowest BCUT2D eigenvalue weighted by Gasteiger charge is -2.35. The average molecular weight is 263 g/mol. The number of nitrogens with zero attached hydrogens (tertiary/aromatic N) is 2. The van der Waals surface area contributed by atoms with E-state index < -0.39 is 0 Å². The smallest absolute Gasteiger partial charge is 0.142 e. The Morgan fingerprint density at radius 3 is 2.68 bits per heavy atom. The molecule has 4 nitrogen and oxygen atoms in total. The molecule has 0 radical (unpaired) electrons. The first-order valence-corrected chi connectivity index (χ1v) is 7.03. The van der Waals surface area contributed by atoms with Gasteiger partial charge >= 0.3 is 0 Å². The van der Waals surface area contributed by atoms with Gasteiger partial charge in [-0.25, -0.2) is 0 Å². The third-order valence-corrected chi connectivity index (χ3v) is 3.93. The van der Waals surface area contributed by atoms with Crippen molar-refractivity contribution in [2.24, 2.45) is 0 Å². The molecule has 0 saturated carbocycles. The third kappa shape index (κ3) is 4.11. The van der Waals surface area contributed by atoms with Gasteiger partial charge in [0.15, 0.2) is 0 Å². The van der Waals surface area contributed by atoms with Crippen LogP contribution in [0.1, 0.15) is 12.8 Å². The van der Waals surface area contributed by atoms with E-state index in [0.717, 1.165) is 12.3 Å². The molecule has 0 amide bonds. The van der Waals surface area contributed by atoms with Crippen LogP contribution in [0.4, 0.5) is 5.69 Å². The number of benzene rings is 1. The van der Waals surface area contributed by atoms with Crippen LogP contribution in [0.15, 0.2) is 24.3 Å². The molecule has 0 unspecified atom stereocenters. The molecule has 0 atom stereocenters. The zero-order chi connectivity index (χ0) is 13.7. The Balaban J connectivity index is 1.72. The van der Waals surface area contributed by atoms with E-state index in [0.29, 0.717) is 18.3 Å². The summed E-state index contributed by atoms with van der Waals surface area (Å²) in [5.41, 5.74) is 6.56. The molecule has 1 aromatic rings. The fraction of sp³-hybridized carbons (Fsp3) is 0.600. The molecule has 0 aromatic heterocycles. The molecule has 1 fully saturated rings. The summed E-state index contributed by atoms with van der Waals surface area (Å²) < 4.78 is 5.74. The van der Waals surface area contributed by atoms with Crippen LogP contribution in [0.25, 0.3) is 0 Å². The Bertz CT molecular complexity index is 389. The Morgan fingerprint density at radius 2 is 2.00 bits per heavy atom. The molecule has 19 heavy (non-hydrogen) atoms. The average Bonchev–Trinajstić information content (AvgIpc) is 2.41. The minimum atomic E-state index is 0.688. The minimum absolute atomic E-state index is 0.688. The minimum Gasteiger partial charge on any atom is -0.490 e. The maximum atomic E-state index is 5.85. The summed E-state index contributed by atoms with van der Waals surface area (Å²) in [6, 6.07) is 8.35. The summed E-state index contributed by atoms with van der Waals surface area (Å²) in [7, 11) is 4.38. The predicted molar refractivity (Wildman–Crippen MR) is 79.5 cm³/mol. The number of piperidine rings is 1. The predicted octanol–water partition coefficient (Wildman–Crippen LogP) is 1.67. The van der Waals surface area contributed by atoms with Crippen LogP contribution in [0.2, 0.25) is 0 Å². The van der Waals surface area contributed by atoms with Gasteiger partial charge in [0.25, 0.3) is 0 Å². The van der Waals surface area contributed by atoms with Gasteiger partial charge in [0, 0.05) is 12.6 Å². The van der Waals surface area contributed by atoms with Crippen molar-refractivity contribution in [3.8, 4) is 5.75 Å². The molecule has 0 aliphatic carbocycles. The van der Waals surface area contributed by atoms with Crippen LogP contribution in [-0.4, -0.2) is 56.2 Å². The van der Waals surface area contributed by atoms with Crippen molar-refractivity contribution in [2.75, 3.05) is 46.1 Å². The molecule has 1 saturated heterocycles. The number of likely N-dealkylation sites (N-methyl/N-ethyl adjacent to an activating group) is 1. The number of likely N-dealkylation sites (tertiary alicyclic amines) is 1. The number of rotatable bonds is 5.